The molecule has 7 nitrogen and oxygen atoms in total. The zero-order chi connectivity index (χ0) is 16.4. The van der Waals surface area contributed by atoms with Crippen molar-refractivity contribution in [1.29, 1.82) is 0 Å². The Bertz CT molecular complexity index is 776. The van der Waals surface area contributed by atoms with Crippen LogP contribution in [0, 0.1) is 6.92 Å². The van der Waals surface area contributed by atoms with Crippen molar-refractivity contribution in [3.63, 3.8) is 0 Å². The number of thiophene rings is 1. The van der Waals surface area contributed by atoms with E-state index in [0.29, 0.717) is 22.9 Å². The van der Waals surface area contributed by atoms with Gasteiger partial charge in [-0.15, -0.1) is 11.3 Å². The second-order valence-electron chi connectivity index (χ2n) is 5.10. The molecule has 23 heavy (non-hydrogen) atoms. The molecule has 0 fully saturated rings. The highest BCUT2D eigenvalue weighted by atomic mass is 32.1. The fraction of sp³-hybridized carbons (Fsp3) is 0.429. The molecule has 0 spiro atoms. The molecular weight excluding hydrogens is 336 g/mol. The molecule has 1 atom stereocenters. The summed E-state index contributed by atoms with van der Waals surface area (Å²) < 4.78 is 1.41. The van der Waals surface area contributed by atoms with Crippen molar-refractivity contribution in [3.8, 4) is 5.88 Å². The second kappa shape index (κ2) is 6.93. The van der Waals surface area contributed by atoms with Crippen molar-refractivity contribution >= 4 is 27.6 Å². The van der Waals surface area contributed by atoms with Gasteiger partial charge in [0.15, 0.2) is 0 Å². The van der Waals surface area contributed by atoms with E-state index in [1.165, 1.54) is 22.2 Å². The average molecular weight is 354 g/mol. The standard InChI is InChI=1S/C14H18N4O3S2/c1-9-2-7-22-11(9)10(17(3-5-19)4-6-20)12-13(21)18-14(23-12)15-8-16-18/h2,7-8,10,19-21H,3-6H2,1H3. The summed E-state index contributed by atoms with van der Waals surface area (Å²) in [6, 6.07) is 1.78. The minimum absolute atomic E-state index is 0.0254. The van der Waals surface area contributed by atoms with Crippen LogP contribution in [-0.2, 0) is 0 Å². The van der Waals surface area contributed by atoms with Gasteiger partial charge in [-0.05, 0) is 23.9 Å². The topological polar surface area (TPSA) is 94.1 Å². The van der Waals surface area contributed by atoms with Crippen LogP contribution in [0.4, 0.5) is 0 Å². The lowest BCUT2D eigenvalue weighted by molar-refractivity contribution is 0.137. The van der Waals surface area contributed by atoms with Gasteiger partial charge in [-0.3, -0.25) is 4.90 Å². The van der Waals surface area contributed by atoms with Crippen LogP contribution < -0.4 is 0 Å². The molecule has 3 aromatic rings. The van der Waals surface area contributed by atoms with Crippen LogP contribution >= 0.6 is 22.7 Å². The Balaban J connectivity index is 2.12. The summed E-state index contributed by atoms with van der Waals surface area (Å²) >= 11 is 2.96. The van der Waals surface area contributed by atoms with Gasteiger partial charge in [0.25, 0.3) is 0 Å². The third kappa shape index (κ3) is 2.98. The summed E-state index contributed by atoms with van der Waals surface area (Å²) in [5.74, 6) is 0.0566. The fourth-order valence-electron chi connectivity index (χ4n) is 2.61. The first-order chi connectivity index (χ1) is 11.2. The largest absolute Gasteiger partial charge is 0.492 e. The molecule has 3 aromatic heterocycles. The van der Waals surface area contributed by atoms with E-state index in [1.54, 1.807) is 11.3 Å². The van der Waals surface area contributed by atoms with E-state index in [0.717, 1.165) is 10.4 Å². The van der Waals surface area contributed by atoms with Crippen LogP contribution in [0.25, 0.3) is 4.96 Å². The fourth-order valence-corrected chi connectivity index (χ4v) is 4.83. The van der Waals surface area contributed by atoms with Gasteiger partial charge >= 0.3 is 0 Å². The Kier molecular flexibility index (Phi) is 4.93. The van der Waals surface area contributed by atoms with Gasteiger partial charge < -0.3 is 15.3 Å². The third-order valence-electron chi connectivity index (χ3n) is 3.68. The molecule has 0 saturated carbocycles. The molecule has 0 radical (unpaired) electrons. The van der Waals surface area contributed by atoms with Crippen molar-refractivity contribution < 1.29 is 15.3 Å². The Morgan fingerprint density at radius 3 is 2.57 bits per heavy atom. The first-order valence-electron chi connectivity index (χ1n) is 7.18. The van der Waals surface area contributed by atoms with E-state index < -0.39 is 0 Å². The summed E-state index contributed by atoms with van der Waals surface area (Å²) in [6.07, 6.45) is 1.40. The van der Waals surface area contributed by atoms with Gasteiger partial charge in [-0.1, -0.05) is 11.3 Å². The van der Waals surface area contributed by atoms with Crippen molar-refractivity contribution in [3.05, 3.63) is 33.1 Å². The highest BCUT2D eigenvalue weighted by Crippen LogP contribution is 2.42. The number of thiazole rings is 1. The van der Waals surface area contributed by atoms with E-state index in [4.69, 9.17) is 0 Å². The molecule has 0 aliphatic carbocycles. The van der Waals surface area contributed by atoms with E-state index in [2.05, 4.69) is 10.1 Å². The number of hydrogen-bond acceptors (Lipinski definition) is 8. The predicted molar refractivity (Wildman–Crippen MR) is 89.2 cm³/mol. The zero-order valence-electron chi connectivity index (χ0n) is 12.6. The predicted octanol–water partition coefficient (Wildman–Crippen LogP) is 1.24. The van der Waals surface area contributed by atoms with E-state index in [9.17, 15) is 15.3 Å². The Morgan fingerprint density at radius 2 is 2.00 bits per heavy atom. The van der Waals surface area contributed by atoms with E-state index in [1.807, 2.05) is 23.3 Å². The van der Waals surface area contributed by atoms with Crippen LogP contribution in [-0.4, -0.2) is 61.1 Å². The van der Waals surface area contributed by atoms with Crippen LogP contribution in [0.3, 0.4) is 0 Å². The summed E-state index contributed by atoms with van der Waals surface area (Å²) in [5.41, 5.74) is 1.11. The second-order valence-corrected chi connectivity index (χ2v) is 7.05. The smallest absolute Gasteiger partial charge is 0.230 e. The number of aromatic hydroxyl groups is 1. The molecule has 0 aromatic carbocycles. The number of nitrogens with zero attached hydrogens (tertiary/aromatic N) is 4. The van der Waals surface area contributed by atoms with Crippen LogP contribution in [0.15, 0.2) is 17.8 Å². The lowest BCUT2D eigenvalue weighted by Gasteiger charge is -2.29. The maximum absolute atomic E-state index is 10.5. The maximum atomic E-state index is 10.5. The first kappa shape index (κ1) is 16.3. The normalized spacial score (nSPS) is 13.2. The van der Waals surface area contributed by atoms with Crippen LogP contribution in [0.2, 0.25) is 0 Å². The Hall–Kier alpha value is -1.52. The molecule has 3 heterocycles. The molecule has 0 bridgehead atoms. The molecule has 3 N–H and O–H groups in total. The quantitative estimate of drug-likeness (QED) is 0.591. The molecule has 0 aliphatic heterocycles. The number of aliphatic hydroxyl groups excluding tert-OH is 2. The third-order valence-corrected chi connectivity index (χ3v) is 5.83. The molecule has 124 valence electrons. The summed E-state index contributed by atoms with van der Waals surface area (Å²) in [7, 11) is 0. The average Bonchev–Trinajstić information content (AvgIpc) is 3.21. The van der Waals surface area contributed by atoms with E-state index in [-0.39, 0.29) is 25.1 Å². The highest BCUT2D eigenvalue weighted by molar-refractivity contribution is 7.17. The van der Waals surface area contributed by atoms with Crippen LogP contribution in [0.1, 0.15) is 21.4 Å². The monoisotopic (exact) mass is 354 g/mol. The zero-order valence-corrected chi connectivity index (χ0v) is 14.2. The molecule has 0 amide bonds. The summed E-state index contributed by atoms with van der Waals surface area (Å²) in [6.45, 7) is 2.76. The Labute approximate surface area is 141 Å². The van der Waals surface area contributed by atoms with Crippen molar-refractivity contribution in [1.82, 2.24) is 19.5 Å². The molecule has 0 aliphatic rings. The van der Waals surface area contributed by atoms with Gasteiger partial charge in [0.1, 0.15) is 6.33 Å². The number of rotatable bonds is 7. The highest BCUT2D eigenvalue weighted by Gasteiger charge is 2.30. The van der Waals surface area contributed by atoms with Crippen molar-refractivity contribution in [2.75, 3.05) is 26.3 Å². The Morgan fingerprint density at radius 1 is 1.26 bits per heavy atom. The first-order valence-corrected chi connectivity index (χ1v) is 8.88. The van der Waals surface area contributed by atoms with Crippen molar-refractivity contribution in [2.45, 2.75) is 13.0 Å². The molecule has 1 unspecified atom stereocenters. The van der Waals surface area contributed by atoms with Gasteiger partial charge in [0.05, 0.1) is 24.1 Å². The summed E-state index contributed by atoms with van der Waals surface area (Å²) in [4.78, 5) is 8.50. The minimum atomic E-state index is -0.247. The molecule has 9 heteroatoms. The van der Waals surface area contributed by atoms with Gasteiger partial charge in [0, 0.05) is 18.0 Å². The van der Waals surface area contributed by atoms with Gasteiger partial charge in [-0.2, -0.15) is 9.61 Å². The molecule has 0 saturated heterocycles. The van der Waals surface area contributed by atoms with E-state index >= 15 is 0 Å². The van der Waals surface area contributed by atoms with Crippen molar-refractivity contribution in [2.24, 2.45) is 0 Å². The van der Waals surface area contributed by atoms with Crippen LogP contribution in [0.5, 0.6) is 5.88 Å². The lowest BCUT2D eigenvalue weighted by atomic mass is 10.1. The summed E-state index contributed by atoms with van der Waals surface area (Å²) in [5, 5.41) is 35.4. The van der Waals surface area contributed by atoms with Gasteiger partial charge in [0.2, 0.25) is 10.8 Å². The number of aromatic nitrogens is 3. The molecular formula is C14H18N4O3S2. The number of fused-ring (bicyclic) bond motifs is 1. The number of hydrogen-bond donors (Lipinski definition) is 3. The molecule has 3 rings (SSSR count). The number of aliphatic hydroxyl groups is 2. The minimum Gasteiger partial charge on any atom is -0.492 e. The lowest BCUT2D eigenvalue weighted by Crippen LogP contribution is -2.34. The maximum Gasteiger partial charge on any atom is 0.230 e. The SMILES string of the molecule is Cc1ccsc1C(c1sc2ncnn2c1O)N(CCO)CCO. The number of aryl methyl sites for hydroxylation is 1. The van der Waals surface area contributed by atoms with Gasteiger partial charge in [-0.25, -0.2) is 4.98 Å².